The second kappa shape index (κ2) is 8.77. The van der Waals surface area contributed by atoms with Gasteiger partial charge in [0, 0.05) is 13.3 Å². The highest BCUT2D eigenvalue weighted by Crippen LogP contribution is 2.25. The highest BCUT2D eigenvalue weighted by molar-refractivity contribution is 5.76. The Bertz CT molecular complexity index is 367. The average Bonchev–Trinajstić information content (AvgIpc) is 2.56. The van der Waals surface area contributed by atoms with Crippen molar-refractivity contribution >= 4 is 11.9 Å². The van der Waals surface area contributed by atoms with Gasteiger partial charge in [-0.2, -0.15) is 0 Å². The predicted octanol–water partition coefficient (Wildman–Crippen LogP) is 3.85. The molecule has 0 aromatic heterocycles. The summed E-state index contributed by atoms with van der Waals surface area (Å²) in [6.07, 6.45) is 1.42. The molecule has 1 heterocycles. The topological polar surface area (TPSA) is 52.6 Å². The number of rotatable bonds is 4. The van der Waals surface area contributed by atoms with Crippen molar-refractivity contribution in [2.24, 2.45) is 11.8 Å². The zero-order valence-electron chi connectivity index (χ0n) is 13.8. The smallest absolute Gasteiger partial charge is 0.315 e. The van der Waals surface area contributed by atoms with Crippen LogP contribution in [-0.4, -0.2) is 18.0 Å². The van der Waals surface area contributed by atoms with Crippen LogP contribution in [0.3, 0.4) is 0 Å². The molecule has 0 fully saturated rings. The SMILES string of the molecule is CC(=O)OC(C)C(C)C.CC1=C(CC(C)C)OC(=O)C1. The molecule has 0 saturated heterocycles. The van der Waals surface area contributed by atoms with Gasteiger partial charge in [-0.1, -0.05) is 27.7 Å². The average molecular weight is 284 g/mol. The first-order valence-corrected chi connectivity index (χ1v) is 7.20. The number of hydrogen-bond donors (Lipinski definition) is 0. The fourth-order valence-electron chi connectivity index (χ4n) is 1.56. The van der Waals surface area contributed by atoms with Crippen molar-refractivity contribution in [2.75, 3.05) is 0 Å². The Labute approximate surface area is 122 Å². The lowest BCUT2D eigenvalue weighted by Gasteiger charge is -2.14. The molecular formula is C16H28O4. The molecule has 0 radical (unpaired) electrons. The second-order valence-electron chi connectivity index (χ2n) is 6.01. The van der Waals surface area contributed by atoms with E-state index in [2.05, 4.69) is 13.8 Å². The third-order valence-corrected chi connectivity index (χ3v) is 3.01. The van der Waals surface area contributed by atoms with Gasteiger partial charge >= 0.3 is 11.9 Å². The Hall–Kier alpha value is -1.32. The van der Waals surface area contributed by atoms with Gasteiger partial charge in [-0.25, -0.2) is 0 Å². The summed E-state index contributed by atoms with van der Waals surface area (Å²) in [4.78, 5) is 21.1. The third-order valence-electron chi connectivity index (χ3n) is 3.01. The zero-order valence-corrected chi connectivity index (χ0v) is 13.8. The molecule has 0 amide bonds. The van der Waals surface area contributed by atoms with Crippen molar-refractivity contribution in [3.05, 3.63) is 11.3 Å². The molecule has 4 nitrogen and oxygen atoms in total. The quantitative estimate of drug-likeness (QED) is 0.736. The number of carbonyl (C=O) groups excluding carboxylic acids is 2. The van der Waals surface area contributed by atoms with E-state index < -0.39 is 0 Å². The summed E-state index contributed by atoms with van der Waals surface area (Å²) in [6, 6.07) is 0. The summed E-state index contributed by atoms with van der Waals surface area (Å²) in [5.41, 5.74) is 1.10. The summed E-state index contributed by atoms with van der Waals surface area (Å²) in [5, 5.41) is 0. The van der Waals surface area contributed by atoms with Crippen molar-refractivity contribution < 1.29 is 19.1 Å². The van der Waals surface area contributed by atoms with Gasteiger partial charge in [0.2, 0.25) is 0 Å². The molecule has 0 aromatic rings. The van der Waals surface area contributed by atoms with E-state index in [-0.39, 0.29) is 18.0 Å². The molecule has 20 heavy (non-hydrogen) atoms. The Morgan fingerprint density at radius 1 is 1.25 bits per heavy atom. The van der Waals surface area contributed by atoms with Crippen LogP contribution in [0.5, 0.6) is 0 Å². The maximum Gasteiger partial charge on any atom is 0.315 e. The maximum atomic E-state index is 10.8. The molecule has 0 spiro atoms. The first kappa shape index (κ1) is 18.7. The number of allylic oxidation sites excluding steroid dienone is 1. The standard InChI is InChI=1S/C9H14O2.C7H14O2/c1-6(2)4-8-7(3)5-9(10)11-8;1-5(2)6(3)9-7(4)8/h6H,4-5H2,1-3H3;5-6H,1-4H3. The summed E-state index contributed by atoms with van der Waals surface area (Å²) in [5.74, 6) is 1.57. The molecule has 0 aliphatic carbocycles. The second-order valence-corrected chi connectivity index (χ2v) is 6.01. The molecule has 0 aromatic carbocycles. The highest BCUT2D eigenvalue weighted by atomic mass is 16.5. The van der Waals surface area contributed by atoms with Gasteiger partial charge in [-0.15, -0.1) is 0 Å². The van der Waals surface area contributed by atoms with Crippen LogP contribution in [-0.2, 0) is 19.1 Å². The number of hydrogen-bond acceptors (Lipinski definition) is 4. The number of cyclic esters (lactones) is 1. The minimum atomic E-state index is -0.198. The monoisotopic (exact) mass is 284 g/mol. The van der Waals surface area contributed by atoms with Gasteiger partial charge in [-0.05, 0) is 31.3 Å². The van der Waals surface area contributed by atoms with Gasteiger partial charge in [0.05, 0.1) is 6.42 Å². The number of carbonyl (C=O) groups is 2. The van der Waals surface area contributed by atoms with Gasteiger partial charge in [0.15, 0.2) is 0 Å². The molecule has 0 N–H and O–H groups in total. The van der Waals surface area contributed by atoms with Crippen LogP contribution >= 0.6 is 0 Å². The van der Waals surface area contributed by atoms with Gasteiger partial charge in [0.25, 0.3) is 0 Å². The van der Waals surface area contributed by atoms with Gasteiger partial charge < -0.3 is 9.47 Å². The third kappa shape index (κ3) is 7.97. The molecule has 4 heteroatoms. The van der Waals surface area contributed by atoms with Gasteiger partial charge in [-0.3, -0.25) is 9.59 Å². The minimum Gasteiger partial charge on any atom is -0.463 e. The Morgan fingerprint density at radius 2 is 1.80 bits per heavy atom. The molecule has 116 valence electrons. The van der Waals surface area contributed by atoms with Crippen molar-refractivity contribution in [1.82, 2.24) is 0 Å². The molecule has 1 aliphatic rings. The summed E-state index contributed by atoms with van der Waals surface area (Å²) in [6.45, 7) is 13.6. The molecule has 1 aliphatic heterocycles. The Morgan fingerprint density at radius 3 is 2.05 bits per heavy atom. The molecule has 1 atom stereocenters. The van der Waals surface area contributed by atoms with E-state index in [1.165, 1.54) is 6.92 Å². The maximum absolute atomic E-state index is 10.8. The van der Waals surface area contributed by atoms with E-state index in [0.29, 0.717) is 18.3 Å². The van der Waals surface area contributed by atoms with E-state index in [1.54, 1.807) is 0 Å². The number of ether oxygens (including phenoxy) is 2. The first-order chi connectivity index (χ1) is 9.13. The van der Waals surface area contributed by atoms with Crippen molar-refractivity contribution in [1.29, 1.82) is 0 Å². The fraction of sp³-hybridized carbons (Fsp3) is 0.750. The van der Waals surface area contributed by atoms with Crippen LogP contribution in [0.4, 0.5) is 0 Å². The molecule has 1 unspecified atom stereocenters. The summed E-state index contributed by atoms with van der Waals surface area (Å²) >= 11 is 0. The van der Waals surface area contributed by atoms with Crippen LogP contribution in [0.2, 0.25) is 0 Å². The zero-order chi connectivity index (χ0) is 15.9. The highest BCUT2D eigenvalue weighted by Gasteiger charge is 2.20. The van der Waals surface area contributed by atoms with E-state index >= 15 is 0 Å². The molecular weight excluding hydrogens is 256 g/mol. The van der Waals surface area contributed by atoms with Crippen LogP contribution in [0, 0.1) is 11.8 Å². The largest absolute Gasteiger partial charge is 0.463 e. The fourth-order valence-corrected chi connectivity index (χ4v) is 1.56. The normalized spacial score (nSPS) is 15.9. The number of esters is 2. The summed E-state index contributed by atoms with van der Waals surface area (Å²) in [7, 11) is 0. The molecule has 0 bridgehead atoms. The van der Waals surface area contributed by atoms with Crippen molar-refractivity contribution in [3.8, 4) is 0 Å². The van der Waals surface area contributed by atoms with Crippen molar-refractivity contribution in [2.45, 2.75) is 67.4 Å². The molecule has 1 rings (SSSR count). The van der Waals surface area contributed by atoms with E-state index in [4.69, 9.17) is 9.47 Å². The predicted molar refractivity (Wildman–Crippen MR) is 78.9 cm³/mol. The van der Waals surface area contributed by atoms with E-state index in [9.17, 15) is 9.59 Å². The lowest BCUT2D eigenvalue weighted by atomic mass is 10.1. The first-order valence-electron chi connectivity index (χ1n) is 7.20. The van der Waals surface area contributed by atoms with E-state index in [0.717, 1.165) is 17.8 Å². The van der Waals surface area contributed by atoms with Gasteiger partial charge in [0.1, 0.15) is 11.9 Å². The molecule has 0 saturated carbocycles. The van der Waals surface area contributed by atoms with Crippen LogP contribution in [0.15, 0.2) is 11.3 Å². The van der Waals surface area contributed by atoms with E-state index in [1.807, 2.05) is 27.7 Å². The lowest BCUT2D eigenvalue weighted by Crippen LogP contribution is -2.17. The van der Waals surface area contributed by atoms with Crippen LogP contribution in [0.25, 0.3) is 0 Å². The van der Waals surface area contributed by atoms with Crippen molar-refractivity contribution in [3.63, 3.8) is 0 Å². The Balaban J connectivity index is 0.000000370. The van der Waals surface area contributed by atoms with Crippen LogP contribution < -0.4 is 0 Å². The summed E-state index contributed by atoms with van der Waals surface area (Å²) < 4.78 is 9.90. The van der Waals surface area contributed by atoms with Crippen LogP contribution in [0.1, 0.15) is 61.3 Å². The minimum absolute atomic E-state index is 0.0440. The lowest BCUT2D eigenvalue weighted by molar-refractivity contribution is -0.147. The Kier molecular flexibility index (Phi) is 8.19.